The second-order valence-electron chi connectivity index (χ2n) is 4.25. The van der Waals surface area contributed by atoms with Crippen LogP contribution < -0.4 is 0 Å². The molecule has 17 heavy (non-hydrogen) atoms. The van der Waals surface area contributed by atoms with Crippen LogP contribution >= 0.6 is 0 Å². The van der Waals surface area contributed by atoms with E-state index in [1.807, 2.05) is 26.0 Å². The number of rotatable bonds is 2. The summed E-state index contributed by atoms with van der Waals surface area (Å²) < 4.78 is 0. The van der Waals surface area contributed by atoms with Crippen molar-refractivity contribution in [3.8, 4) is 0 Å². The molecule has 0 bridgehead atoms. The smallest absolute Gasteiger partial charge is 0.218 e. The second-order valence-corrected chi connectivity index (χ2v) is 4.25. The first-order valence-corrected chi connectivity index (χ1v) is 5.58. The fourth-order valence-corrected chi connectivity index (χ4v) is 2.25. The van der Waals surface area contributed by atoms with Gasteiger partial charge in [0, 0.05) is 11.1 Å². The Morgan fingerprint density at radius 1 is 1.29 bits per heavy atom. The Morgan fingerprint density at radius 3 is 2.59 bits per heavy atom. The lowest BCUT2D eigenvalue weighted by Crippen LogP contribution is -2.24. The number of benzene rings is 1. The zero-order valence-electron chi connectivity index (χ0n) is 10.1. The molecule has 1 aliphatic rings. The molecule has 0 atom stereocenters. The molecule has 0 radical (unpaired) electrons. The van der Waals surface area contributed by atoms with Crippen molar-refractivity contribution < 1.29 is 10.2 Å². The van der Waals surface area contributed by atoms with Crippen LogP contribution in [0.5, 0.6) is 0 Å². The number of aliphatic hydroxyl groups is 2. The van der Waals surface area contributed by atoms with E-state index in [0.29, 0.717) is 11.1 Å². The summed E-state index contributed by atoms with van der Waals surface area (Å²) >= 11 is 0. The van der Waals surface area contributed by atoms with E-state index in [9.17, 15) is 10.2 Å². The summed E-state index contributed by atoms with van der Waals surface area (Å²) in [7, 11) is 0. The van der Waals surface area contributed by atoms with E-state index in [1.54, 1.807) is 24.3 Å². The highest BCUT2D eigenvalue weighted by Crippen LogP contribution is 2.44. The Morgan fingerprint density at radius 2 is 2.00 bits per heavy atom. The summed E-state index contributed by atoms with van der Waals surface area (Å²) in [5, 5.41) is 20.5. The fraction of sp³-hybridized carbons (Fsp3) is 0.200. The maximum Gasteiger partial charge on any atom is 0.218 e. The molecule has 2 nitrogen and oxygen atoms in total. The second kappa shape index (κ2) is 3.99. The lowest BCUT2D eigenvalue weighted by Gasteiger charge is -2.19. The Bertz CT molecular complexity index is 534. The molecular formula is C15H16O2. The molecular weight excluding hydrogens is 212 g/mol. The number of allylic oxidation sites excluding steroid dienone is 3. The predicted octanol–water partition coefficient (Wildman–Crippen LogP) is 2.66. The van der Waals surface area contributed by atoms with Crippen molar-refractivity contribution >= 4 is 5.57 Å². The van der Waals surface area contributed by atoms with Gasteiger partial charge in [-0.1, -0.05) is 42.5 Å². The van der Waals surface area contributed by atoms with E-state index in [-0.39, 0.29) is 0 Å². The van der Waals surface area contributed by atoms with Crippen molar-refractivity contribution in [2.45, 2.75) is 19.6 Å². The van der Waals surface area contributed by atoms with E-state index in [4.69, 9.17) is 0 Å². The maximum atomic E-state index is 10.3. The SMILES string of the molecule is C=CC1=C(/C=C\C)C(O)(O)c2cc(C)ccc21. The highest BCUT2D eigenvalue weighted by Gasteiger charge is 2.39. The average Bonchev–Trinajstić information content (AvgIpc) is 2.49. The first-order chi connectivity index (χ1) is 8.02. The minimum absolute atomic E-state index is 0.482. The highest BCUT2D eigenvalue weighted by atomic mass is 16.5. The lowest BCUT2D eigenvalue weighted by molar-refractivity contribution is -0.129. The van der Waals surface area contributed by atoms with E-state index >= 15 is 0 Å². The largest absolute Gasteiger partial charge is 0.358 e. The molecule has 0 unspecified atom stereocenters. The van der Waals surface area contributed by atoms with Gasteiger partial charge in [0.05, 0.1) is 0 Å². The number of aryl methyl sites for hydroxylation is 1. The third-order valence-electron chi connectivity index (χ3n) is 3.04. The summed E-state index contributed by atoms with van der Waals surface area (Å²) in [5.74, 6) is -1.92. The molecule has 0 aromatic heterocycles. The Kier molecular flexibility index (Phi) is 2.77. The zero-order chi connectivity index (χ0) is 12.6. The molecule has 0 saturated heterocycles. The topological polar surface area (TPSA) is 40.5 Å². The van der Waals surface area contributed by atoms with Crippen LogP contribution in [-0.4, -0.2) is 10.2 Å². The van der Waals surface area contributed by atoms with Crippen LogP contribution in [0.4, 0.5) is 0 Å². The van der Waals surface area contributed by atoms with Gasteiger partial charge in [0.2, 0.25) is 5.79 Å². The molecule has 1 aromatic rings. The predicted molar refractivity (Wildman–Crippen MR) is 69.2 cm³/mol. The van der Waals surface area contributed by atoms with Crippen LogP contribution in [0.2, 0.25) is 0 Å². The molecule has 1 aromatic carbocycles. The van der Waals surface area contributed by atoms with Gasteiger partial charge < -0.3 is 10.2 Å². The monoisotopic (exact) mass is 228 g/mol. The third-order valence-corrected chi connectivity index (χ3v) is 3.04. The molecule has 88 valence electrons. The van der Waals surface area contributed by atoms with Crippen molar-refractivity contribution in [1.82, 2.24) is 0 Å². The van der Waals surface area contributed by atoms with Crippen LogP contribution in [0.3, 0.4) is 0 Å². The van der Waals surface area contributed by atoms with Crippen LogP contribution in [0.15, 0.2) is 48.6 Å². The molecule has 2 rings (SSSR count). The van der Waals surface area contributed by atoms with Gasteiger partial charge in [-0.3, -0.25) is 0 Å². The van der Waals surface area contributed by atoms with Crippen molar-refractivity contribution in [3.63, 3.8) is 0 Å². The van der Waals surface area contributed by atoms with Crippen LogP contribution in [-0.2, 0) is 5.79 Å². The first kappa shape index (κ1) is 11.8. The van der Waals surface area contributed by atoms with Gasteiger partial charge in [-0.25, -0.2) is 0 Å². The summed E-state index contributed by atoms with van der Waals surface area (Å²) in [6, 6.07) is 5.66. The summed E-state index contributed by atoms with van der Waals surface area (Å²) in [4.78, 5) is 0. The quantitative estimate of drug-likeness (QED) is 0.764. The Balaban J connectivity index is 2.75. The van der Waals surface area contributed by atoms with Gasteiger partial charge in [0.15, 0.2) is 0 Å². The molecule has 0 aliphatic heterocycles. The standard InChI is InChI=1S/C15H16O2/c1-4-6-13-11(5-2)12-8-7-10(3)9-14(12)15(13,16)17/h4-9,16-17H,2H2,1,3H3/b6-4-. The van der Waals surface area contributed by atoms with Gasteiger partial charge in [0.25, 0.3) is 0 Å². The first-order valence-electron chi connectivity index (χ1n) is 5.58. The molecule has 0 spiro atoms. The number of hydrogen-bond donors (Lipinski definition) is 2. The number of fused-ring (bicyclic) bond motifs is 1. The summed E-state index contributed by atoms with van der Waals surface area (Å²) in [5.41, 5.74) is 3.63. The lowest BCUT2D eigenvalue weighted by atomic mass is 10.0. The van der Waals surface area contributed by atoms with Crippen molar-refractivity contribution in [2.24, 2.45) is 0 Å². The van der Waals surface area contributed by atoms with Crippen LogP contribution in [0.25, 0.3) is 5.57 Å². The van der Waals surface area contributed by atoms with Gasteiger partial charge in [0.1, 0.15) is 0 Å². The van der Waals surface area contributed by atoms with Crippen LogP contribution in [0, 0.1) is 6.92 Å². The third kappa shape index (κ3) is 1.66. The molecule has 0 amide bonds. The minimum Gasteiger partial charge on any atom is -0.358 e. The van der Waals surface area contributed by atoms with E-state index in [2.05, 4.69) is 6.58 Å². The van der Waals surface area contributed by atoms with Crippen molar-refractivity contribution in [1.29, 1.82) is 0 Å². The zero-order valence-corrected chi connectivity index (χ0v) is 10.1. The summed E-state index contributed by atoms with van der Waals surface area (Å²) in [6.45, 7) is 7.52. The van der Waals surface area contributed by atoms with Gasteiger partial charge in [-0.2, -0.15) is 0 Å². The average molecular weight is 228 g/mol. The molecule has 0 fully saturated rings. The van der Waals surface area contributed by atoms with Crippen molar-refractivity contribution in [3.05, 3.63) is 65.3 Å². The molecule has 2 heteroatoms. The van der Waals surface area contributed by atoms with Crippen molar-refractivity contribution in [2.75, 3.05) is 0 Å². The van der Waals surface area contributed by atoms with E-state index in [1.165, 1.54) is 0 Å². The minimum atomic E-state index is -1.92. The molecule has 1 aliphatic carbocycles. The Hall–Kier alpha value is -1.64. The normalized spacial score (nSPS) is 17.6. The molecule has 0 heterocycles. The summed E-state index contributed by atoms with van der Waals surface area (Å²) in [6.07, 6.45) is 5.17. The van der Waals surface area contributed by atoms with E-state index < -0.39 is 5.79 Å². The van der Waals surface area contributed by atoms with E-state index in [0.717, 1.165) is 16.7 Å². The molecule has 0 saturated carbocycles. The molecule has 2 N–H and O–H groups in total. The highest BCUT2D eigenvalue weighted by molar-refractivity contribution is 5.86. The van der Waals surface area contributed by atoms with Gasteiger partial charge >= 0.3 is 0 Å². The van der Waals surface area contributed by atoms with Gasteiger partial charge in [-0.15, -0.1) is 0 Å². The fourth-order valence-electron chi connectivity index (χ4n) is 2.25. The number of hydrogen-bond acceptors (Lipinski definition) is 2. The maximum absolute atomic E-state index is 10.3. The Labute approximate surface area is 101 Å². The van der Waals surface area contributed by atoms with Gasteiger partial charge in [-0.05, 0) is 31.1 Å². The van der Waals surface area contributed by atoms with Crippen LogP contribution in [0.1, 0.15) is 23.6 Å².